The van der Waals surface area contributed by atoms with Crippen LogP contribution in [0.15, 0.2) is 18.2 Å². The van der Waals surface area contributed by atoms with Crippen molar-refractivity contribution in [2.45, 2.75) is 38.9 Å². The van der Waals surface area contributed by atoms with Gasteiger partial charge in [0.05, 0.1) is 17.9 Å². The number of carbonyl (C=O) groups excluding carboxylic acids is 3. The van der Waals surface area contributed by atoms with Gasteiger partial charge in [0.25, 0.3) is 11.8 Å². The van der Waals surface area contributed by atoms with Gasteiger partial charge in [0.15, 0.2) is 6.04 Å². The van der Waals surface area contributed by atoms with Crippen LogP contribution < -0.4 is 16.0 Å². The lowest BCUT2D eigenvalue weighted by molar-refractivity contribution is -0.137. The van der Waals surface area contributed by atoms with Gasteiger partial charge in [-0.2, -0.15) is 13.2 Å². The number of primary amides is 1. The van der Waals surface area contributed by atoms with E-state index in [1.54, 1.807) is 4.90 Å². The molecule has 0 aromatic heterocycles. The first-order valence-corrected chi connectivity index (χ1v) is 10.9. The third-order valence-electron chi connectivity index (χ3n) is 5.54. The van der Waals surface area contributed by atoms with E-state index in [0.29, 0.717) is 19.0 Å². The fraction of sp³-hybridized carbons (Fsp3) is 0.591. The van der Waals surface area contributed by atoms with Gasteiger partial charge in [0, 0.05) is 25.3 Å². The number of alkyl halides is 3. The van der Waals surface area contributed by atoms with Crippen LogP contribution in [0.4, 0.5) is 24.5 Å². The van der Waals surface area contributed by atoms with Crippen molar-refractivity contribution in [3.05, 3.63) is 23.8 Å². The van der Waals surface area contributed by atoms with Crippen molar-refractivity contribution >= 4 is 29.1 Å². The van der Waals surface area contributed by atoms with Crippen molar-refractivity contribution < 1.29 is 32.3 Å². The molecular formula is C22H29F3N4O4. The van der Waals surface area contributed by atoms with Gasteiger partial charge in [-0.25, -0.2) is 0 Å². The van der Waals surface area contributed by atoms with Gasteiger partial charge in [-0.3, -0.25) is 19.3 Å². The van der Waals surface area contributed by atoms with Gasteiger partial charge in [-0.05, 0) is 42.9 Å². The summed E-state index contributed by atoms with van der Waals surface area (Å²) < 4.78 is 46.5. The van der Waals surface area contributed by atoms with Crippen LogP contribution in [0.5, 0.6) is 0 Å². The molecule has 182 valence electrons. The Bertz CT molecular complexity index is 898. The number of hydrogen-bond donors (Lipinski definition) is 2. The molecule has 1 saturated heterocycles. The van der Waals surface area contributed by atoms with Crippen LogP contribution in [0.25, 0.3) is 0 Å². The van der Waals surface area contributed by atoms with Crippen molar-refractivity contribution in [3.63, 3.8) is 0 Å². The Morgan fingerprint density at radius 1 is 1.30 bits per heavy atom. The summed E-state index contributed by atoms with van der Waals surface area (Å²) >= 11 is 0. The summed E-state index contributed by atoms with van der Waals surface area (Å²) in [6, 6.07) is 1.83. The normalized spacial score (nSPS) is 18.0. The number of nitrogens with one attached hydrogen (secondary N) is 1. The number of carbonyl (C=O) groups is 3. The number of rotatable bonds is 9. The van der Waals surface area contributed by atoms with E-state index in [-0.39, 0.29) is 31.4 Å². The Labute approximate surface area is 190 Å². The van der Waals surface area contributed by atoms with Gasteiger partial charge in [-0.1, -0.05) is 13.8 Å². The lowest BCUT2D eigenvalue weighted by Crippen LogP contribution is -2.53. The summed E-state index contributed by atoms with van der Waals surface area (Å²) in [6.45, 7) is 4.83. The number of hydrogen-bond acceptors (Lipinski definition) is 5. The molecular weight excluding hydrogens is 441 g/mol. The maximum atomic E-state index is 13.8. The van der Waals surface area contributed by atoms with Crippen LogP contribution in [0.1, 0.15) is 32.3 Å². The summed E-state index contributed by atoms with van der Waals surface area (Å²) in [7, 11) is 0. The monoisotopic (exact) mass is 470 g/mol. The van der Waals surface area contributed by atoms with E-state index in [1.165, 1.54) is 11.0 Å². The highest BCUT2D eigenvalue weighted by molar-refractivity contribution is 6.10. The number of halogens is 3. The molecule has 2 fully saturated rings. The number of morpholine rings is 1. The summed E-state index contributed by atoms with van der Waals surface area (Å²) in [5.74, 6) is -1.82. The van der Waals surface area contributed by atoms with Crippen LogP contribution >= 0.6 is 0 Å². The molecule has 3 rings (SSSR count). The van der Waals surface area contributed by atoms with Gasteiger partial charge >= 0.3 is 6.18 Å². The summed E-state index contributed by atoms with van der Waals surface area (Å²) in [4.78, 5) is 40.1. The summed E-state index contributed by atoms with van der Waals surface area (Å²) in [5.41, 5.74) is 3.94. The van der Waals surface area contributed by atoms with E-state index in [4.69, 9.17) is 10.5 Å². The minimum atomic E-state index is -4.80. The maximum absolute atomic E-state index is 13.8. The minimum absolute atomic E-state index is 0.0512. The molecule has 8 nitrogen and oxygen atoms in total. The third-order valence-corrected chi connectivity index (χ3v) is 5.54. The largest absolute Gasteiger partial charge is 0.418 e. The Morgan fingerprint density at radius 2 is 2.00 bits per heavy atom. The Kier molecular flexibility index (Phi) is 7.63. The van der Waals surface area contributed by atoms with Crippen molar-refractivity contribution in [2.75, 3.05) is 43.1 Å². The van der Waals surface area contributed by atoms with Gasteiger partial charge in [-0.15, -0.1) is 0 Å². The van der Waals surface area contributed by atoms with Crippen molar-refractivity contribution in [1.82, 2.24) is 4.90 Å². The molecule has 1 aliphatic heterocycles. The van der Waals surface area contributed by atoms with E-state index in [9.17, 15) is 27.6 Å². The average Bonchev–Trinajstić information content (AvgIpc) is 3.51. The van der Waals surface area contributed by atoms with Crippen molar-refractivity contribution in [1.29, 1.82) is 0 Å². The number of amides is 3. The van der Waals surface area contributed by atoms with Crippen LogP contribution in [-0.4, -0.2) is 61.5 Å². The molecule has 1 heterocycles. The van der Waals surface area contributed by atoms with Crippen LogP contribution in [0, 0.1) is 11.8 Å². The number of nitrogens with zero attached hydrogens (tertiary/aromatic N) is 2. The first-order valence-electron chi connectivity index (χ1n) is 10.9. The highest BCUT2D eigenvalue weighted by Gasteiger charge is 2.39. The molecule has 1 aliphatic carbocycles. The van der Waals surface area contributed by atoms with E-state index < -0.39 is 41.2 Å². The summed E-state index contributed by atoms with van der Waals surface area (Å²) in [5, 5.41) is 2.26. The second kappa shape index (κ2) is 10.1. The van der Waals surface area contributed by atoms with E-state index in [0.717, 1.165) is 25.0 Å². The number of nitrogens with two attached hydrogens (primary N) is 1. The molecule has 0 bridgehead atoms. The second-order valence-corrected chi connectivity index (χ2v) is 8.91. The first-order chi connectivity index (χ1) is 15.5. The lowest BCUT2D eigenvalue weighted by atomic mass is 10.1. The quantitative estimate of drug-likeness (QED) is 0.539. The van der Waals surface area contributed by atoms with Gasteiger partial charge in [0.2, 0.25) is 5.91 Å². The molecule has 33 heavy (non-hydrogen) atoms. The number of ether oxygens (including phenoxy) is 1. The zero-order valence-electron chi connectivity index (χ0n) is 18.7. The van der Waals surface area contributed by atoms with Gasteiger partial charge in [0.1, 0.15) is 6.61 Å². The second-order valence-electron chi connectivity index (χ2n) is 8.91. The molecule has 3 amide bonds. The van der Waals surface area contributed by atoms with Crippen LogP contribution in [0.2, 0.25) is 0 Å². The highest BCUT2D eigenvalue weighted by Crippen LogP contribution is 2.38. The van der Waals surface area contributed by atoms with Gasteiger partial charge < -0.3 is 20.7 Å². The Morgan fingerprint density at radius 3 is 2.55 bits per heavy atom. The number of anilines is 2. The van der Waals surface area contributed by atoms with E-state index in [2.05, 4.69) is 5.32 Å². The summed E-state index contributed by atoms with van der Waals surface area (Å²) in [6.07, 6.45) is -2.86. The third kappa shape index (κ3) is 6.44. The average molecular weight is 470 g/mol. The van der Waals surface area contributed by atoms with Crippen molar-refractivity contribution in [3.8, 4) is 0 Å². The molecule has 1 saturated carbocycles. The smallest absolute Gasteiger partial charge is 0.370 e. The fourth-order valence-corrected chi connectivity index (χ4v) is 3.90. The molecule has 0 spiro atoms. The Hall–Kier alpha value is -2.66. The predicted molar refractivity (Wildman–Crippen MR) is 115 cm³/mol. The maximum Gasteiger partial charge on any atom is 0.418 e. The number of benzene rings is 1. The lowest BCUT2D eigenvalue weighted by Gasteiger charge is -2.31. The molecule has 0 unspecified atom stereocenters. The molecule has 3 N–H and O–H groups in total. The Balaban J connectivity index is 1.88. The fourth-order valence-electron chi connectivity index (χ4n) is 3.90. The standard InChI is InChI=1S/C22H29F3N4O4/c1-13(2)10-28(11-14-3-4-14)19(20(26)31)21(32)27-17-6-5-15(9-16(17)22(23,24)25)29-7-8-33-12-18(29)30/h5-6,9,13-14,19H,3-4,7-8,10-12H2,1-2H3,(H2,26,31)(H,27,32)/t19-/m1/s1. The SMILES string of the molecule is CC(C)CN(CC1CC1)[C@H](C(N)=O)C(=O)Nc1ccc(N2CCOCC2=O)cc1C(F)(F)F. The zero-order valence-corrected chi connectivity index (χ0v) is 18.7. The predicted octanol–water partition coefficient (Wildman–Crippen LogP) is 2.23. The topological polar surface area (TPSA) is 105 Å². The van der Waals surface area contributed by atoms with Crippen molar-refractivity contribution in [2.24, 2.45) is 17.6 Å². The van der Waals surface area contributed by atoms with E-state index in [1.807, 2.05) is 13.8 Å². The molecule has 0 radical (unpaired) electrons. The first kappa shape index (κ1) is 25.0. The highest BCUT2D eigenvalue weighted by atomic mass is 19.4. The molecule has 11 heteroatoms. The molecule has 1 aromatic carbocycles. The molecule has 1 aromatic rings. The minimum Gasteiger partial charge on any atom is -0.370 e. The zero-order chi connectivity index (χ0) is 24.3. The molecule has 1 atom stereocenters. The van der Waals surface area contributed by atoms with E-state index >= 15 is 0 Å². The van der Waals surface area contributed by atoms with Crippen LogP contribution in [-0.2, 0) is 25.3 Å². The van der Waals surface area contributed by atoms with Crippen LogP contribution in [0.3, 0.4) is 0 Å². The molecule has 2 aliphatic rings.